The highest BCUT2D eigenvalue weighted by Crippen LogP contribution is 2.46. The predicted molar refractivity (Wildman–Crippen MR) is 107 cm³/mol. The van der Waals surface area contributed by atoms with E-state index in [0.29, 0.717) is 0 Å². The zero-order valence-corrected chi connectivity index (χ0v) is 18.0. The lowest BCUT2D eigenvalue weighted by Crippen LogP contribution is -2.72. The number of rotatable bonds is 5. The summed E-state index contributed by atoms with van der Waals surface area (Å²) in [5, 5.41) is 3.39. The number of carbonyl (C=O) groups is 1. The Morgan fingerprint density at radius 3 is 2.32 bits per heavy atom. The second-order valence-corrected chi connectivity index (χ2v) is 7.86. The van der Waals surface area contributed by atoms with Crippen molar-refractivity contribution in [1.29, 1.82) is 0 Å². The number of nitrogens with zero attached hydrogens (tertiary/aromatic N) is 3. The third kappa shape index (κ3) is 4.91. The molecule has 130 valence electrons. The van der Waals surface area contributed by atoms with E-state index in [2.05, 4.69) is 49.2 Å². The van der Waals surface area contributed by atoms with Gasteiger partial charge in [0.05, 0.1) is 0 Å². The topological polar surface area (TPSA) is 47.9 Å². The Labute approximate surface area is 156 Å². The standard InChI is InChI=1S/C15H30N4OS.HI/c1-14(2)11-19(15(14,3)4)13(16-8-9-21-7)17-10-12(20)18(5)6;/h8-11H2,1-7H3,(H,16,17);1H. The number of amides is 1. The molecule has 0 spiro atoms. The molecule has 0 aromatic rings. The quantitative estimate of drug-likeness (QED) is 0.307. The molecule has 7 heteroatoms. The lowest BCUT2D eigenvalue weighted by Gasteiger charge is -2.62. The van der Waals surface area contributed by atoms with Crippen molar-refractivity contribution >= 4 is 47.6 Å². The number of halogens is 1. The molecular weight excluding hydrogens is 411 g/mol. The Morgan fingerprint density at radius 2 is 1.91 bits per heavy atom. The number of likely N-dealkylation sites (tertiary alicyclic amines) is 1. The molecule has 0 saturated carbocycles. The van der Waals surface area contributed by atoms with Crippen LogP contribution in [0.25, 0.3) is 0 Å². The second kappa shape index (κ2) is 8.61. The maximum absolute atomic E-state index is 11.8. The second-order valence-electron chi connectivity index (χ2n) is 6.88. The molecule has 1 amide bonds. The van der Waals surface area contributed by atoms with E-state index in [1.54, 1.807) is 30.8 Å². The van der Waals surface area contributed by atoms with Crippen molar-refractivity contribution in [3.8, 4) is 0 Å². The molecule has 0 radical (unpaired) electrons. The lowest BCUT2D eigenvalue weighted by molar-refractivity contribution is -0.127. The monoisotopic (exact) mass is 442 g/mol. The SMILES string of the molecule is CSCCNC(=NCC(=O)N(C)C)N1CC(C)(C)C1(C)C.I. The Kier molecular flexibility index (Phi) is 8.54. The van der Waals surface area contributed by atoms with Gasteiger partial charge in [-0.25, -0.2) is 4.99 Å². The number of aliphatic imine (C=N–C) groups is 1. The first-order valence-electron chi connectivity index (χ1n) is 7.38. The third-order valence-electron chi connectivity index (χ3n) is 4.59. The maximum Gasteiger partial charge on any atom is 0.243 e. The Balaban J connectivity index is 0.00000441. The fraction of sp³-hybridized carbons (Fsp3) is 0.867. The van der Waals surface area contributed by atoms with Gasteiger partial charge in [-0.3, -0.25) is 4.79 Å². The van der Waals surface area contributed by atoms with Gasteiger partial charge in [-0.2, -0.15) is 11.8 Å². The third-order valence-corrected chi connectivity index (χ3v) is 5.20. The van der Waals surface area contributed by atoms with Gasteiger partial charge in [-0.1, -0.05) is 13.8 Å². The molecule has 1 heterocycles. The van der Waals surface area contributed by atoms with Crippen molar-refractivity contribution < 1.29 is 4.79 Å². The minimum Gasteiger partial charge on any atom is -0.355 e. The number of carbonyl (C=O) groups excluding carboxylic acids is 1. The Hall–Kier alpha value is -0.180. The average Bonchev–Trinajstić information content (AvgIpc) is 2.40. The van der Waals surface area contributed by atoms with E-state index in [1.807, 2.05) is 0 Å². The molecule has 0 atom stereocenters. The molecule has 22 heavy (non-hydrogen) atoms. The predicted octanol–water partition coefficient (Wildman–Crippen LogP) is 2.12. The van der Waals surface area contributed by atoms with Crippen LogP contribution in [0.4, 0.5) is 0 Å². The van der Waals surface area contributed by atoms with E-state index >= 15 is 0 Å². The minimum atomic E-state index is 0. The van der Waals surface area contributed by atoms with Crippen LogP contribution in [0.2, 0.25) is 0 Å². The van der Waals surface area contributed by atoms with E-state index in [-0.39, 0.29) is 47.4 Å². The van der Waals surface area contributed by atoms with Crippen LogP contribution in [0.1, 0.15) is 27.7 Å². The number of nitrogens with one attached hydrogen (secondary N) is 1. The van der Waals surface area contributed by atoms with Crippen molar-refractivity contribution in [3.63, 3.8) is 0 Å². The van der Waals surface area contributed by atoms with E-state index in [9.17, 15) is 4.79 Å². The summed E-state index contributed by atoms with van der Waals surface area (Å²) in [5.41, 5.74) is 0.292. The molecule has 1 aliphatic heterocycles. The van der Waals surface area contributed by atoms with Gasteiger partial charge in [-0.15, -0.1) is 24.0 Å². The van der Waals surface area contributed by atoms with Crippen molar-refractivity contribution in [1.82, 2.24) is 15.1 Å². The first kappa shape index (κ1) is 21.8. The van der Waals surface area contributed by atoms with Gasteiger partial charge in [0, 0.05) is 43.9 Å². The van der Waals surface area contributed by atoms with Gasteiger partial charge in [0.2, 0.25) is 5.91 Å². The summed E-state index contributed by atoms with van der Waals surface area (Å²) in [5.74, 6) is 1.90. The van der Waals surface area contributed by atoms with Crippen LogP contribution in [-0.4, -0.2) is 72.9 Å². The van der Waals surface area contributed by atoms with Crippen LogP contribution in [0, 0.1) is 5.41 Å². The molecule has 0 aliphatic carbocycles. The first-order valence-corrected chi connectivity index (χ1v) is 8.78. The molecule has 0 unspecified atom stereocenters. The molecule has 5 nitrogen and oxygen atoms in total. The summed E-state index contributed by atoms with van der Waals surface area (Å²) in [7, 11) is 3.52. The van der Waals surface area contributed by atoms with Crippen LogP contribution >= 0.6 is 35.7 Å². The van der Waals surface area contributed by atoms with E-state index in [1.165, 1.54) is 0 Å². The fourth-order valence-electron chi connectivity index (χ4n) is 2.19. The number of hydrogen-bond acceptors (Lipinski definition) is 3. The zero-order valence-electron chi connectivity index (χ0n) is 14.9. The molecule has 0 aromatic carbocycles. The first-order chi connectivity index (χ1) is 9.63. The largest absolute Gasteiger partial charge is 0.355 e. The maximum atomic E-state index is 11.8. The lowest BCUT2D eigenvalue weighted by atomic mass is 9.65. The summed E-state index contributed by atoms with van der Waals surface area (Å²) in [6, 6.07) is 0. The van der Waals surface area contributed by atoms with E-state index in [0.717, 1.165) is 24.8 Å². The highest BCUT2D eigenvalue weighted by molar-refractivity contribution is 14.0. The van der Waals surface area contributed by atoms with E-state index < -0.39 is 0 Å². The number of guanidine groups is 1. The van der Waals surface area contributed by atoms with Crippen molar-refractivity contribution in [2.24, 2.45) is 10.4 Å². The number of hydrogen-bond donors (Lipinski definition) is 1. The summed E-state index contributed by atoms with van der Waals surface area (Å²) in [6.45, 7) is 11.0. The van der Waals surface area contributed by atoms with Crippen LogP contribution in [0.3, 0.4) is 0 Å². The van der Waals surface area contributed by atoms with Crippen molar-refractivity contribution in [2.75, 3.05) is 45.7 Å². The van der Waals surface area contributed by atoms with Gasteiger partial charge in [0.15, 0.2) is 5.96 Å². The Morgan fingerprint density at radius 1 is 1.32 bits per heavy atom. The van der Waals surface area contributed by atoms with Gasteiger partial charge in [-0.05, 0) is 20.1 Å². The molecule has 1 aliphatic rings. The van der Waals surface area contributed by atoms with Gasteiger partial charge in [0.25, 0.3) is 0 Å². The Bertz CT molecular complexity index is 410. The van der Waals surface area contributed by atoms with Crippen LogP contribution in [-0.2, 0) is 4.79 Å². The van der Waals surface area contributed by atoms with Crippen LogP contribution in [0.5, 0.6) is 0 Å². The molecule has 0 aromatic heterocycles. The normalized spacial score (nSPS) is 19.0. The summed E-state index contributed by atoms with van der Waals surface area (Å²) in [6.07, 6.45) is 2.09. The molecule has 1 fully saturated rings. The minimum absolute atomic E-state index is 0. The smallest absolute Gasteiger partial charge is 0.243 e. The zero-order chi connectivity index (χ0) is 16.3. The van der Waals surface area contributed by atoms with Crippen molar-refractivity contribution in [2.45, 2.75) is 33.2 Å². The van der Waals surface area contributed by atoms with Crippen LogP contribution in [0.15, 0.2) is 4.99 Å². The summed E-state index contributed by atoms with van der Waals surface area (Å²) >= 11 is 1.80. The van der Waals surface area contributed by atoms with Gasteiger partial charge < -0.3 is 15.1 Å². The van der Waals surface area contributed by atoms with Crippen LogP contribution < -0.4 is 5.32 Å². The highest BCUT2D eigenvalue weighted by Gasteiger charge is 2.53. The molecule has 1 rings (SSSR count). The van der Waals surface area contributed by atoms with Crippen molar-refractivity contribution in [3.05, 3.63) is 0 Å². The summed E-state index contributed by atoms with van der Waals surface area (Å²) in [4.78, 5) is 20.1. The highest BCUT2D eigenvalue weighted by atomic mass is 127. The molecule has 0 bridgehead atoms. The number of likely N-dealkylation sites (N-methyl/N-ethyl adjacent to an activating group) is 1. The number of thioether (sulfide) groups is 1. The molecular formula is C15H31IN4OS. The van der Waals surface area contributed by atoms with Gasteiger partial charge in [0.1, 0.15) is 6.54 Å². The molecule has 1 saturated heterocycles. The fourth-order valence-corrected chi connectivity index (χ4v) is 2.49. The average molecular weight is 442 g/mol. The van der Waals surface area contributed by atoms with E-state index in [4.69, 9.17) is 0 Å². The van der Waals surface area contributed by atoms with Gasteiger partial charge >= 0.3 is 0 Å². The summed E-state index contributed by atoms with van der Waals surface area (Å²) < 4.78 is 0. The molecule has 1 N–H and O–H groups in total.